The molecule has 2 fully saturated rings. The van der Waals surface area contributed by atoms with Crippen LogP contribution in [0.4, 0.5) is 22.4 Å². The molecule has 2 saturated heterocycles. The quantitative estimate of drug-likeness (QED) is 0.422. The first-order valence-corrected chi connectivity index (χ1v) is 6.20. The summed E-state index contributed by atoms with van der Waals surface area (Å²) in [7, 11) is 0. The summed E-state index contributed by atoms with van der Waals surface area (Å²) in [5.41, 5.74) is 0. The van der Waals surface area contributed by atoms with Crippen LogP contribution in [0.3, 0.4) is 0 Å². The number of halogens is 4. The first kappa shape index (κ1) is 15.0. The van der Waals surface area contributed by atoms with Crippen molar-refractivity contribution in [2.45, 2.75) is 31.2 Å². The lowest BCUT2D eigenvalue weighted by Gasteiger charge is -2.18. The molecule has 0 aromatic rings. The molecule has 2 heterocycles. The minimum atomic E-state index is -4.22. The number of alkyl halides is 4. The smallest absolute Gasteiger partial charge is 0.330 e. The standard InChI is InChI=1S/C11H14F4N2O3/c12-9(13)11(14,15)6-20-5-4-17-8(18)7-2-1-3-16(7)10(17)19/h7,9H,1-6H2. The van der Waals surface area contributed by atoms with Crippen LogP contribution in [0.5, 0.6) is 0 Å². The van der Waals surface area contributed by atoms with Crippen molar-refractivity contribution >= 4 is 11.9 Å². The molecule has 114 valence electrons. The molecular weight excluding hydrogens is 284 g/mol. The van der Waals surface area contributed by atoms with E-state index >= 15 is 0 Å². The van der Waals surface area contributed by atoms with Gasteiger partial charge in [-0.1, -0.05) is 0 Å². The number of fused-ring (bicyclic) bond motifs is 1. The Hall–Kier alpha value is -1.38. The number of ether oxygens (including phenoxy) is 1. The fourth-order valence-corrected chi connectivity index (χ4v) is 2.31. The Morgan fingerprint density at radius 3 is 2.65 bits per heavy atom. The topological polar surface area (TPSA) is 49.9 Å². The van der Waals surface area contributed by atoms with Gasteiger partial charge < -0.3 is 9.64 Å². The lowest BCUT2D eigenvalue weighted by atomic mass is 10.2. The number of imide groups is 1. The third kappa shape index (κ3) is 2.72. The van der Waals surface area contributed by atoms with Crippen LogP contribution >= 0.6 is 0 Å². The highest BCUT2D eigenvalue weighted by atomic mass is 19.3. The highest BCUT2D eigenvalue weighted by Crippen LogP contribution is 2.27. The minimum Gasteiger partial charge on any atom is -0.373 e. The van der Waals surface area contributed by atoms with Gasteiger partial charge in [-0.3, -0.25) is 9.69 Å². The maximum atomic E-state index is 12.6. The van der Waals surface area contributed by atoms with Gasteiger partial charge in [-0.05, 0) is 12.8 Å². The van der Waals surface area contributed by atoms with Crippen molar-refractivity contribution in [3.05, 3.63) is 0 Å². The molecule has 2 aliphatic rings. The molecule has 5 nitrogen and oxygen atoms in total. The summed E-state index contributed by atoms with van der Waals surface area (Å²) in [4.78, 5) is 26.0. The Morgan fingerprint density at radius 1 is 1.35 bits per heavy atom. The predicted octanol–water partition coefficient (Wildman–Crippen LogP) is 1.33. The normalized spacial score (nSPS) is 23.1. The zero-order chi connectivity index (χ0) is 14.9. The molecule has 2 rings (SSSR count). The summed E-state index contributed by atoms with van der Waals surface area (Å²) in [5.74, 6) is -4.60. The maximum Gasteiger partial charge on any atom is 0.330 e. The van der Waals surface area contributed by atoms with Gasteiger partial charge >= 0.3 is 18.4 Å². The van der Waals surface area contributed by atoms with E-state index in [1.807, 2.05) is 0 Å². The number of hydrogen-bond donors (Lipinski definition) is 0. The van der Waals surface area contributed by atoms with Crippen LogP contribution in [0.25, 0.3) is 0 Å². The Balaban J connectivity index is 1.78. The Kier molecular flexibility index (Phi) is 4.17. The van der Waals surface area contributed by atoms with E-state index in [2.05, 4.69) is 4.74 Å². The third-order valence-electron chi connectivity index (χ3n) is 3.35. The van der Waals surface area contributed by atoms with Crippen LogP contribution in [0.2, 0.25) is 0 Å². The van der Waals surface area contributed by atoms with Gasteiger partial charge in [0.05, 0.1) is 13.2 Å². The molecular formula is C11H14F4N2O3. The molecule has 0 saturated carbocycles. The number of nitrogens with zero attached hydrogens (tertiary/aromatic N) is 2. The highest BCUT2D eigenvalue weighted by Gasteiger charge is 2.47. The first-order chi connectivity index (χ1) is 9.34. The number of rotatable bonds is 6. The zero-order valence-corrected chi connectivity index (χ0v) is 10.5. The van der Waals surface area contributed by atoms with E-state index < -0.39 is 31.0 Å². The molecule has 0 spiro atoms. The van der Waals surface area contributed by atoms with Crippen molar-refractivity contribution in [1.29, 1.82) is 0 Å². The first-order valence-electron chi connectivity index (χ1n) is 6.20. The molecule has 1 unspecified atom stereocenters. The van der Waals surface area contributed by atoms with Crippen LogP contribution in [0, 0.1) is 0 Å². The number of urea groups is 1. The monoisotopic (exact) mass is 298 g/mol. The predicted molar refractivity (Wildman–Crippen MR) is 58.6 cm³/mol. The average molecular weight is 298 g/mol. The van der Waals surface area contributed by atoms with E-state index in [-0.39, 0.29) is 19.1 Å². The summed E-state index contributed by atoms with van der Waals surface area (Å²) in [6.45, 7) is -1.53. The summed E-state index contributed by atoms with van der Waals surface area (Å²) in [6.07, 6.45) is -2.46. The second-order valence-electron chi connectivity index (χ2n) is 4.74. The van der Waals surface area contributed by atoms with Gasteiger partial charge in [-0.25, -0.2) is 13.6 Å². The van der Waals surface area contributed by atoms with Crippen molar-refractivity contribution in [3.8, 4) is 0 Å². The van der Waals surface area contributed by atoms with E-state index in [1.54, 1.807) is 0 Å². The van der Waals surface area contributed by atoms with E-state index in [0.717, 1.165) is 11.3 Å². The average Bonchev–Trinajstić information content (AvgIpc) is 2.92. The number of carbonyl (C=O) groups is 2. The molecule has 1 atom stereocenters. The van der Waals surface area contributed by atoms with Crippen molar-refractivity contribution < 1.29 is 31.9 Å². The molecule has 0 radical (unpaired) electrons. The second-order valence-corrected chi connectivity index (χ2v) is 4.74. The molecule has 0 bridgehead atoms. The van der Waals surface area contributed by atoms with Crippen LogP contribution in [-0.2, 0) is 9.53 Å². The van der Waals surface area contributed by atoms with Gasteiger partial charge in [0.25, 0.3) is 5.91 Å². The van der Waals surface area contributed by atoms with Crippen molar-refractivity contribution in [2.75, 3.05) is 26.3 Å². The summed E-state index contributed by atoms with van der Waals surface area (Å²) < 4.78 is 53.3. The number of amides is 3. The van der Waals surface area contributed by atoms with Gasteiger partial charge in [0, 0.05) is 6.54 Å². The van der Waals surface area contributed by atoms with Crippen LogP contribution in [-0.4, -0.2) is 66.4 Å². The third-order valence-corrected chi connectivity index (χ3v) is 3.35. The molecule has 0 N–H and O–H groups in total. The maximum absolute atomic E-state index is 12.6. The van der Waals surface area contributed by atoms with E-state index in [1.165, 1.54) is 4.90 Å². The Labute approximate surface area is 112 Å². The van der Waals surface area contributed by atoms with E-state index in [0.29, 0.717) is 13.0 Å². The number of hydrogen-bond acceptors (Lipinski definition) is 3. The highest BCUT2D eigenvalue weighted by molar-refractivity contribution is 6.04. The van der Waals surface area contributed by atoms with Gasteiger partial charge in [-0.15, -0.1) is 0 Å². The van der Waals surface area contributed by atoms with Gasteiger partial charge in [-0.2, -0.15) is 8.78 Å². The van der Waals surface area contributed by atoms with Crippen molar-refractivity contribution in [3.63, 3.8) is 0 Å². The van der Waals surface area contributed by atoms with Crippen molar-refractivity contribution in [2.24, 2.45) is 0 Å². The molecule has 0 aromatic heterocycles. The fourth-order valence-electron chi connectivity index (χ4n) is 2.31. The SMILES string of the molecule is O=C1C2CCCN2C(=O)N1CCOCC(F)(F)C(F)F. The molecule has 9 heteroatoms. The Morgan fingerprint density at radius 2 is 2.05 bits per heavy atom. The zero-order valence-electron chi connectivity index (χ0n) is 10.5. The lowest BCUT2D eigenvalue weighted by molar-refractivity contribution is -0.166. The Bertz CT molecular complexity index is 383. The molecule has 3 amide bonds. The van der Waals surface area contributed by atoms with E-state index in [4.69, 9.17) is 0 Å². The second kappa shape index (κ2) is 5.55. The van der Waals surface area contributed by atoms with Crippen LogP contribution < -0.4 is 0 Å². The molecule has 0 aromatic carbocycles. The van der Waals surface area contributed by atoms with E-state index in [9.17, 15) is 27.2 Å². The van der Waals surface area contributed by atoms with Crippen LogP contribution in [0.1, 0.15) is 12.8 Å². The van der Waals surface area contributed by atoms with Gasteiger partial charge in [0.15, 0.2) is 0 Å². The summed E-state index contributed by atoms with van der Waals surface area (Å²) in [5, 5.41) is 0. The van der Waals surface area contributed by atoms with Crippen molar-refractivity contribution in [1.82, 2.24) is 9.80 Å². The van der Waals surface area contributed by atoms with Crippen LogP contribution in [0.15, 0.2) is 0 Å². The van der Waals surface area contributed by atoms with Gasteiger partial charge in [0.2, 0.25) is 0 Å². The lowest BCUT2D eigenvalue weighted by Crippen LogP contribution is -2.37. The fraction of sp³-hybridized carbons (Fsp3) is 0.818. The number of carbonyl (C=O) groups excluding carboxylic acids is 2. The molecule has 2 aliphatic heterocycles. The minimum absolute atomic E-state index is 0.204. The molecule has 0 aliphatic carbocycles. The largest absolute Gasteiger partial charge is 0.373 e. The molecule has 20 heavy (non-hydrogen) atoms. The summed E-state index contributed by atoms with van der Waals surface area (Å²) in [6, 6.07) is -0.938. The summed E-state index contributed by atoms with van der Waals surface area (Å²) >= 11 is 0. The van der Waals surface area contributed by atoms with Gasteiger partial charge in [0.1, 0.15) is 12.6 Å².